The Balaban J connectivity index is 2.04. The van der Waals surface area contributed by atoms with Gasteiger partial charge in [-0.15, -0.1) is 11.3 Å². The van der Waals surface area contributed by atoms with Gasteiger partial charge in [-0.3, -0.25) is 4.79 Å². The Labute approximate surface area is 117 Å². The van der Waals surface area contributed by atoms with Crippen LogP contribution in [-0.4, -0.2) is 16.5 Å². The molecule has 6 heteroatoms. The van der Waals surface area contributed by atoms with Crippen LogP contribution in [0.2, 0.25) is 10.0 Å². The van der Waals surface area contributed by atoms with Crippen LogP contribution in [0.5, 0.6) is 0 Å². The number of carbonyl (C=O) groups is 1. The Bertz CT molecular complexity index is 528. The molecule has 2 aromatic rings. The Morgan fingerprint density at radius 1 is 1.41 bits per heavy atom. The highest BCUT2D eigenvalue weighted by molar-refractivity contribution is 8.01. The van der Waals surface area contributed by atoms with E-state index in [1.807, 2.05) is 5.38 Å². The normalized spacial score (nSPS) is 10.5. The van der Waals surface area contributed by atoms with Crippen LogP contribution in [0.25, 0.3) is 0 Å². The van der Waals surface area contributed by atoms with Gasteiger partial charge < -0.3 is 0 Å². The molecule has 0 aliphatic carbocycles. The van der Waals surface area contributed by atoms with Crippen LogP contribution in [0.1, 0.15) is 10.4 Å². The van der Waals surface area contributed by atoms with Crippen LogP contribution in [0.15, 0.2) is 34.1 Å². The quantitative estimate of drug-likeness (QED) is 0.618. The average molecular weight is 304 g/mol. The number of thioether (sulfide) groups is 1. The zero-order valence-corrected chi connectivity index (χ0v) is 11.7. The van der Waals surface area contributed by atoms with Gasteiger partial charge in [-0.05, 0) is 18.2 Å². The number of ketones is 1. The molecule has 0 fully saturated rings. The molecule has 1 aromatic carbocycles. The van der Waals surface area contributed by atoms with Gasteiger partial charge in [0, 0.05) is 22.2 Å². The van der Waals surface area contributed by atoms with Crippen molar-refractivity contribution in [1.29, 1.82) is 0 Å². The monoisotopic (exact) mass is 303 g/mol. The molecule has 0 unspecified atom stereocenters. The topological polar surface area (TPSA) is 30.0 Å². The van der Waals surface area contributed by atoms with Gasteiger partial charge >= 0.3 is 0 Å². The molecule has 0 amide bonds. The van der Waals surface area contributed by atoms with Crippen molar-refractivity contribution in [2.75, 3.05) is 5.75 Å². The van der Waals surface area contributed by atoms with Crippen LogP contribution in [-0.2, 0) is 0 Å². The zero-order valence-electron chi connectivity index (χ0n) is 8.52. The molecule has 88 valence electrons. The standard InChI is InChI=1S/C11H7Cl2NOS2/c12-7-1-2-8(9(13)5-7)10(15)6-17-11-14-3-4-16-11/h1-5H,6H2. The number of benzene rings is 1. The molecule has 1 heterocycles. The molecule has 0 aliphatic rings. The van der Waals surface area contributed by atoms with E-state index in [0.717, 1.165) is 4.34 Å². The molecule has 1 aromatic heterocycles. The summed E-state index contributed by atoms with van der Waals surface area (Å²) < 4.78 is 0.878. The number of hydrogen-bond acceptors (Lipinski definition) is 4. The molecule has 2 rings (SSSR count). The summed E-state index contributed by atoms with van der Waals surface area (Å²) in [5.41, 5.74) is 0.500. The van der Waals surface area contributed by atoms with Crippen LogP contribution in [0.4, 0.5) is 0 Å². The summed E-state index contributed by atoms with van der Waals surface area (Å²) in [6.45, 7) is 0. The third kappa shape index (κ3) is 3.45. The van der Waals surface area contributed by atoms with E-state index in [1.165, 1.54) is 23.1 Å². The third-order valence-electron chi connectivity index (χ3n) is 1.97. The Hall–Kier alpha value is -0.550. The minimum atomic E-state index is -0.0214. The zero-order chi connectivity index (χ0) is 12.3. The molecule has 0 saturated heterocycles. The number of nitrogens with zero attached hydrogens (tertiary/aromatic N) is 1. The highest BCUT2D eigenvalue weighted by Gasteiger charge is 2.11. The maximum atomic E-state index is 11.9. The van der Waals surface area contributed by atoms with Gasteiger partial charge in [0.05, 0.1) is 10.8 Å². The van der Waals surface area contributed by atoms with Gasteiger partial charge in [0.1, 0.15) is 4.34 Å². The second kappa shape index (κ2) is 5.87. The molecule has 0 aliphatic heterocycles. The lowest BCUT2D eigenvalue weighted by atomic mass is 10.1. The van der Waals surface area contributed by atoms with E-state index in [9.17, 15) is 4.79 Å². The maximum absolute atomic E-state index is 11.9. The molecule has 0 bridgehead atoms. The van der Waals surface area contributed by atoms with Crippen molar-refractivity contribution >= 4 is 52.1 Å². The largest absolute Gasteiger partial charge is 0.293 e. The SMILES string of the molecule is O=C(CSc1nccs1)c1ccc(Cl)cc1Cl. The molecular weight excluding hydrogens is 297 g/mol. The Kier molecular flexibility index (Phi) is 4.45. The number of aromatic nitrogens is 1. The number of rotatable bonds is 4. The van der Waals surface area contributed by atoms with Gasteiger partial charge in [0.25, 0.3) is 0 Å². The van der Waals surface area contributed by atoms with Crippen molar-refractivity contribution in [1.82, 2.24) is 4.98 Å². The van der Waals surface area contributed by atoms with Crippen molar-refractivity contribution < 1.29 is 4.79 Å². The first kappa shape index (κ1) is 12.9. The van der Waals surface area contributed by atoms with Crippen LogP contribution in [0, 0.1) is 0 Å². The van der Waals surface area contributed by atoms with E-state index in [4.69, 9.17) is 23.2 Å². The van der Waals surface area contributed by atoms with Crippen molar-refractivity contribution in [3.63, 3.8) is 0 Å². The summed E-state index contributed by atoms with van der Waals surface area (Å²) in [5.74, 6) is 0.307. The van der Waals surface area contributed by atoms with Gasteiger partial charge in [0.2, 0.25) is 0 Å². The highest BCUT2D eigenvalue weighted by atomic mass is 35.5. The van der Waals surface area contributed by atoms with Gasteiger partial charge in [-0.1, -0.05) is 35.0 Å². The van der Waals surface area contributed by atoms with E-state index in [2.05, 4.69) is 4.98 Å². The highest BCUT2D eigenvalue weighted by Crippen LogP contribution is 2.25. The second-order valence-corrected chi connectivity index (χ2v) is 6.09. The number of Topliss-reactive ketones (excluding diaryl/α,β-unsaturated/α-hetero) is 1. The lowest BCUT2D eigenvalue weighted by Gasteiger charge is -2.02. The van der Waals surface area contributed by atoms with Gasteiger partial charge in [-0.2, -0.15) is 0 Å². The van der Waals surface area contributed by atoms with E-state index < -0.39 is 0 Å². The Morgan fingerprint density at radius 3 is 2.88 bits per heavy atom. The lowest BCUT2D eigenvalue weighted by molar-refractivity contribution is 0.102. The first-order chi connectivity index (χ1) is 8.16. The fourth-order valence-electron chi connectivity index (χ4n) is 1.20. The van der Waals surface area contributed by atoms with E-state index in [1.54, 1.807) is 24.4 Å². The fraction of sp³-hybridized carbons (Fsp3) is 0.0909. The maximum Gasteiger partial charge on any atom is 0.174 e. The average Bonchev–Trinajstić information content (AvgIpc) is 2.78. The lowest BCUT2D eigenvalue weighted by Crippen LogP contribution is -2.02. The molecule has 0 N–H and O–H groups in total. The molecule has 2 nitrogen and oxygen atoms in total. The number of thiazole rings is 1. The number of hydrogen-bond donors (Lipinski definition) is 0. The summed E-state index contributed by atoms with van der Waals surface area (Å²) >= 11 is 14.6. The molecule has 0 saturated carbocycles. The fourth-order valence-corrected chi connectivity index (χ4v) is 3.24. The smallest absolute Gasteiger partial charge is 0.174 e. The van der Waals surface area contributed by atoms with Crippen LogP contribution < -0.4 is 0 Å². The van der Waals surface area contributed by atoms with Crippen molar-refractivity contribution in [2.45, 2.75) is 4.34 Å². The van der Waals surface area contributed by atoms with Crippen LogP contribution >= 0.6 is 46.3 Å². The molecule has 17 heavy (non-hydrogen) atoms. The van der Waals surface area contributed by atoms with Gasteiger partial charge in [0.15, 0.2) is 5.78 Å². The van der Waals surface area contributed by atoms with Crippen molar-refractivity contribution in [2.24, 2.45) is 0 Å². The van der Waals surface area contributed by atoms with E-state index >= 15 is 0 Å². The predicted molar refractivity (Wildman–Crippen MR) is 73.6 cm³/mol. The predicted octanol–water partition coefficient (Wildman–Crippen LogP) is 4.42. The first-order valence-electron chi connectivity index (χ1n) is 4.67. The third-order valence-corrected chi connectivity index (χ3v) is 4.48. The van der Waals surface area contributed by atoms with Gasteiger partial charge in [-0.25, -0.2) is 4.98 Å². The molecular formula is C11H7Cl2NOS2. The number of carbonyl (C=O) groups excluding carboxylic acids is 1. The summed E-state index contributed by atoms with van der Waals surface area (Å²) in [6, 6.07) is 4.88. The van der Waals surface area contributed by atoms with E-state index in [-0.39, 0.29) is 5.78 Å². The summed E-state index contributed by atoms with van der Waals surface area (Å²) in [4.78, 5) is 16.0. The summed E-state index contributed by atoms with van der Waals surface area (Å²) in [5, 5.41) is 2.79. The second-order valence-electron chi connectivity index (χ2n) is 3.13. The van der Waals surface area contributed by atoms with E-state index in [0.29, 0.717) is 21.4 Å². The molecule has 0 spiro atoms. The molecule has 0 radical (unpaired) electrons. The minimum absolute atomic E-state index is 0.0214. The van der Waals surface area contributed by atoms with Crippen molar-refractivity contribution in [3.8, 4) is 0 Å². The Morgan fingerprint density at radius 2 is 2.24 bits per heavy atom. The first-order valence-corrected chi connectivity index (χ1v) is 7.29. The molecule has 0 atom stereocenters. The summed E-state index contributed by atoms with van der Waals surface area (Å²) in [7, 11) is 0. The summed E-state index contributed by atoms with van der Waals surface area (Å²) in [6.07, 6.45) is 1.72. The minimum Gasteiger partial charge on any atom is -0.293 e. The van der Waals surface area contributed by atoms with Crippen molar-refractivity contribution in [3.05, 3.63) is 45.4 Å². The number of halogens is 2. The van der Waals surface area contributed by atoms with Crippen LogP contribution in [0.3, 0.4) is 0 Å².